The molecule has 3 heterocycles. The molecule has 10 heteroatoms. The zero-order chi connectivity index (χ0) is 21.7. The number of alkyl halides is 3. The molecular weight excluding hydrogens is 437 g/mol. The second kappa shape index (κ2) is 9.96. The van der Waals surface area contributed by atoms with E-state index in [-0.39, 0.29) is 16.8 Å². The average molecular weight is 461 g/mol. The van der Waals surface area contributed by atoms with Crippen LogP contribution in [-0.2, 0) is 17.4 Å². The third kappa shape index (κ3) is 6.07. The van der Waals surface area contributed by atoms with Crippen LogP contribution in [0.25, 0.3) is 0 Å². The monoisotopic (exact) mass is 460 g/mol. The molecule has 0 atom stereocenters. The van der Waals surface area contributed by atoms with Gasteiger partial charge in [0, 0.05) is 42.8 Å². The Morgan fingerprint density at radius 2 is 2.07 bits per heavy atom. The number of rotatable bonds is 7. The quantitative estimate of drug-likeness (QED) is 0.598. The van der Waals surface area contributed by atoms with Gasteiger partial charge in [-0.15, -0.1) is 11.3 Å². The highest BCUT2D eigenvalue weighted by Crippen LogP contribution is 2.34. The van der Waals surface area contributed by atoms with E-state index in [9.17, 15) is 18.0 Å². The molecule has 1 aliphatic rings. The van der Waals surface area contributed by atoms with Gasteiger partial charge in [0.25, 0.3) is 0 Å². The van der Waals surface area contributed by atoms with E-state index in [0.717, 1.165) is 42.2 Å². The summed E-state index contributed by atoms with van der Waals surface area (Å²) in [6, 6.07) is 0.899. The summed E-state index contributed by atoms with van der Waals surface area (Å²) in [7, 11) is 0. The van der Waals surface area contributed by atoms with Gasteiger partial charge in [-0.25, -0.2) is 9.97 Å². The highest BCUT2D eigenvalue weighted by molar-refractivity contribution is 7.09. The maximum absolute atomic E-state index is 12.8. The van der Waals surface area contributed by atoms with Gasteiger partial charge in [0.1, 0.15) is 5.82 Å². The Morgan fingerprint density at radius 3 is 2.67 bits per heavy atom. The minimum Gasteiger partial charge on any atom is -0.356 e. The van der Waals surface area contributed by atoms with Gasteiger partial charge in [-0.05, 0) is 45.1 Å². The molecule has 2 aromatic heterocycles. The second-order valence-corrected chi connectivity index (χ2v) is 8.77. The van der Waals surface area contributed by atoms with Crippen molar-refractivity contribution in [1.29, 1.82) is 0 Å². The summed E-state index contributed by atoms with van der Waals surface area (Å²) in [5.74, 6) is 0.267. The van der Waals surface area contributed by atoms with Crippen molar-refractivity contribution < 1.29 is 18.0 Å². The summed E-state index contributed by atoms with van der Waals surface area (Å²) in [4.78, 5) is 22.6. The molecule has 1 amide bonds. The first-order valence-electron chi connectivity index (χ1n) is 9.90. The number of nitrogens with zero attached hydrogens (tertiary/aromatic N) is 3. The molecule has 0 aliphatic carbocycles. The van der Waals surface area contributed by atoms with E-state index in [1.165, 1.54) is 0 Å². The Balaban J connectivity index is 1.40. The van der Waals surface area contributed by atoms with Crippen LogP contribution in [0.5, 0.6) is 0 Å². The number of carbonyl (C=O) groups is 1. The van der Waals surface area contributed by atoms with E-state index in [1.54, 1.807) is 11.3 Å². The van der Waals surface area contributed by atoms with Crippen LogP contribution in [-0.4, -0.2) is 35.5 Å². The van der Waals surface area contributed by atoms with Crippen LogP contribution in [0.15, 0.2) is 17.6 Å². The van der Waals surface area contributed by atoms with Crippen molar-refractivity contribution in [2.45, 2.75) is 45.2 Å². The molecule has 0 aromatic carbocycles. The summed E-state index contributed by atoms with van der Waals surface area (Å²) in [5.41, 5.74) is 0.179. The summed E-state index contributed by atoms with van der Waals surface area (Å²) in [6.45, 7) is 3.67. The molecule has 0 bridgehead atoms. The first-order chi connectivity index (χ1) is 14.2. The van der Waals surface area contributed by atoms with Crippen LogP contribution in [0.1, 0.15) is 41.9 Å². The number of hydrogen-bond acceptors (Lipinski definition) is 5. The topological polar surface area (TPSA) is 58.1 Å². The molecule has 30 heavy (non-hydrogen) atoms. The van der Waals surface area contributed by atoms with Crippen LogP contribution in [0, 0.1) is 12.8 Å². The van der Waals surface area contributed by atoms with Gasteiger partial charge >= 0.3 is 6.18 Å². The molecule has 0 saturated carbocycles. The fraction of sp³-hybridized carbons (Fsp3) is 0.550. The van der Waals surface area contributed by atoms with Crippen LogP contribution in [0.4, 0.5) is 19.0 Å². The van der Waals surface area contributed by atoms with E-state index < -0.39 is 11.7 Å². The number of aryl methyl sites for hydroxylation is 2. The van der Waals surface area contributed by atoms with E-state index in [2.05, 4.69) is 15.3 Å². The smallest absolute Gasteiger partial charge is 0.356 e. The molecule has 1 N–H and O–H groups in total. The third-order valence-corrected chi connectivity index (χ3v) is 6.40. The van der Waals surface area contributed by atoms with Crippen LogP contribution in [0.3, 0.4) is 0 Å². The molecular formula is C20H24ClF3N4OS. The lowest BCUT2D eigenvalue weighted by molar-refractivity contribution is -0.137. The van der Waals surface area contributed by atoms with Crippen molar-refractivity contribution in [1.82, 2.24) is 15.3 Å². The molecule has 1 aliphatic heterocycles. The van der Waals surface area contributed by atoms with Crippen molar-refractivity contribution in [3.63, 3.8) is 0 Å². The Hall–Kier alpha value is -1.87. The maximum atomic E-state index is 12.8. The van der Waals surface area contributed by atoms with Crippen molar-refractivity contribution in [3.8, 4) is 0 Å². The highest BCUT2D eigenvalue weighted by Gasteiger charge is 2.33. The highest BCUT2D eigenvalue weighted by atomic mass is 35.5. The van der Waals surface area contributed by atoms with Gasteiger partial charge in [-0.3, -0.25) is 4.79 Å². The molecule has 3 rings (SSSR count). The van der Waals surface area contributed by atoms with E-state index >= 15 is 0 Å². The number of aromatic nitrogens is 2. The van der Waals surface area contributed by atoms with Gasteiger partial charge in [0.2, 0.25) is 5.91 Å². The molecule has 1 fully saturated rings. The number of carbonyl (C=O) groups excluding carboxylic acids is 1. The van der Waals surface area contributed by atoms with E-state index in [1.807, 2.05) is 17.2 Å². The summed E-state index contributed by atoms with van der Waals surface area (Å²) in [5, 5.41) is 6.13. The fourth-order valence-electron chi connectivity index (χ4n) is 3.45. The van der Waals surface area contributed by atoms with Crippen molar-refractivity contribution in [2.24, 2.45) is 5.92 Å². The number of halogens is 4. The number of amides is 1. The van der Waals surface area contributed by atoms with Crippen LogP contribution >= 0.6 is 22.9 Å². The number of nitrogens with one attached hydrogen (secondary N) is 1. The largest absolute Gasteiger partial charge is 0.417 e. The number of thiazole rings is 1. The lowest BCUT2D eigenvalue weighted by Crippen LogP contribution is -2.41. The SMILES string of the molecule is Cc1csc(CCCCNC(=O)C2CCN(c3ncc(C(F)(F)F)cc3Cl)CC2)n1. The molecule has 1 saturated heterocycles. The predicted molar refractivity (Wildman–Crippen MR) is 112 cm³/mol. The lowest BCUT2D eigenvalue weighted by atomic mass is 9.96. The Kier molecular flexibility index (Phi) is 7.57. The standard InChI is InChI=1S/C20H24ClF3N4OS/c1-13-12-30-17(27-13)4-2-3-7-25-19(29)14-5-8-28(9-6-14)18-16(21)10-15(11-26-18)20(22,23)24/h10-12,14H,2-9H2,1H3,(H,25,29). The molecule has 2 aromatic rings. The molecule has 0 radical (unpaired) electrons. The lowest BCUT2D eigenvalue weighted by Gasteiger charge is -2.32. The fourth-order valence-corrected chi connectivity index (χ4v) is 4.55. The molecule has 5 nitrogen and oxygen atoms in total. The molecule has 164 valence electrons. The first kappa shape index (κ1) is 22.8. The normalized spacial score (nSPS) is 15.4. The summed E-state index contributed by atoms with van der Waals surface area (Å²) in [6.07, 6.45) is 0.352. The third-order valence-electron chi connectivity index (χ3n) is 5.10. The Labute approximate surface area is 182 Å². The number of piperidine rings is 1. The number of hydrogen-bond donors (Lipinski definition) is 1. The van der Waals surface area contributed by atoms with Crippen molar-refractivity contribution in [3.05, 3.63) is 38.9 Å². The summed E-state index contributed by atoms with van der Waals surface area (Å²) < 4.78 is 38.3. The molecule has 0 unspecified atom stereocenters. The maximum Gasteiger partial charge on any atom is 0.417 e. The second-order valence-electron chi connectivity index (χ2n) is 7.42. The number of unbranched alkanes of at least 4 members (excludes halogenated alkanes) is 1. The first-order valence-corrected chi connectivity index (χ1v) is 11.2. The number of pyridine rings is 1. The van der Waals surface area contributed by atoms with E-state index in [0.29, 0.717) is 38.3 Å². The zero-order valence-corrected chi connectivity index (χ0v) is 18.2. The van der Waals surface area contributed by atoms with Gasteiger partial charge in [0.15, 0.2) is 0 Å². The van der Waals surface area contributed by atoms with Gasteiger partial charge < -0.3 is 10.2 Å². The number of anilines is 1. The van der Waals surface area contributed by atoms with Crippen LogP contribution < -0.4 is 10.2 Å². The van der Waals surface area contributed by atoms with Gasteiger partial charge in [0.05, 0.1) is 15.6 Å². The van der Waals surface area contributed by atoms with Crippen LogP contribution in [0.2, 0.25) is 5.02 Å². The minimum atomic E-state index is -4.47. The zero-order valence-electron chi connectivity index (χ0n) is 16.6. The summed E-state index contributed by atoms with van der Waals surface area (Å²) >= 11 is 7.69. The van der Waals surface area contributed by atoms with Crippen molar-refractivity contribution in [2.75, 3.05) is 24.5 Å². The van der Waals surface area contributed by atoms with Gasteiger partial charge in [-0.2, -0.15) is 13.2 Å². The van der Waals surface area contributed by atoms with Crippen molar-refractivity contribution >= 4 is 34.7 Å². The van der Waals surface area contributed by atoms with E-state index in [4.69, 9.17) is 11.6 Å². The average Bonchev–Trinajstić information content (AvgIpc) is 3.12. The minimum absolute atomic E-state index is 0.0249. The molecule has 0 spiro atoms. The Morgan fingerprint density at radius 1 is 1.33 bits per heavy atom. The Bertz CT molecular complexity index is 866. The van der Waals surface area contributed by atoms with Gasteiger partial charge in [-0.1, -0.05) is 11.6 Å². The predicted octanol–water partition coefficient (Wildman–Crippen LogP) is 4.87.